The number of aromatic amines is 1. The molecule has 0 radical (unpaired) electrons. The van der Waals surface area contributed by atoms with Crippen LogP contribution in [0, 0.1) is 6.92 Å². The lowest BCUT2D eigenvalue weighted by atomic mass is 10.1. The summed E-state index contributed by atoms with van der Waals surface area (Å²) in [6.07, 6.45) is 0.392. The van der Waals surface area contributed by atoms with Crippen LogP contribution in [0.5, 0.6) is 0 Å². The van der Waals surface area contributed by atoms with Crippen molar-refractivity contribution >= 4 is 16.6 Å². The molecule has 2 aliphatic heterocycles. The first-order valence-corrected chi connectivity index (χ1v) is 9.87. The molecular formula is C21H29N3O3. The molecule has 2 aromatic rings. The Morgan fingerprint density at radius 1 is 1.15 bits per heavy atom. The van der Waals surface area contributed by atoms with E-state index in [2.05, 4.69) is 34.7 Å². The zero-order valence-corrected chi connectivity index (χ0v) is 16.5. The van der Waals surface area contributed by atoms with Crippen LogP contribution >= 0.6 is 0 Å². The van der Waals surface area contributed by atoms with E-state index in [1.165, 1.54) is 0 Å². The van der Waals surface area contributed by atoms with Gasteiger partial charge in [-0.05, 0) is 39.0 Å². The van der Waals surface area contributed by atoms with Gasteiger partial charge in [-0.1, -0.05) is 0 Å². The standard InChI is InChI=1S/C21H29N3O3/c1-14-11-23(12-15(2)27-14)13-19-16(3)22-20-5-4-17(10-18(20)21(19)25)24-6-8-26-9-7-24/h4-5,10,14-15H,6-9,11-13H2,1-3H3,(H,22,25)/t14-,15-/m0/s1. The monoisotopic (exact) mass is 371 g/mol. The highest BCUT2D eigenvalue weighted by Gasteiger charge is 2.24. The number of hydrogen-bond acceptors (Lipinski definition) is 5. The Bertz CT molecular complexity index is 863. The number of anilines is 1. The lowest BCUT2D eigenvalue weighted by Crippen LogP contribution is -2.45. The summed E-state index contributed by atoms with van der Waals surface area (Å²) in [5.41, 5.74) is 3.96. The van der Waals surface area contributed by atoms with Crippen LogP contribution in [0.3, 0.4) is 0 Å². The van der Waals surface area contributed by atoms with E-state index in [1.54, 1.807) is 0 Å². The number of aryl methyl sites for hydroxylation is 1. The molecule has 0 saturated carbocycles. The maximum Gasteiger partial charge on any atom is 0.194 e. The number of H-pyrrole nitrogens is 1. The molecule has 4 rings (SSSR count). The molecule has 3 heterocycles. The van der Waals surface area contributed by atoms with Gasteiger partial charge in [0.2, 0.25) is 0 Å². The number of nitrogens with zero attached hydrogens (tertiary/aromatic N) is 2. The third kappa shape index (κ3) is 3.88. The Kier molecular flexibility index (Phi) is 5.21. The molecule has 2 aliphatic rings. The molecule has 2 saturated heterocycles. The van der Waals surface area contributed by atoms with Gasteiger partial charge in [0.05, 0.1) is 25.4 Å². The number of aromatic nitrogens is 1. The third-order valence-electron chi connectivity index (χ3n) is 5.55. The fourth-order valence-corrected chi connectivity index (χ4v) is 4.29. The number of hydrogen-bond donors (Lipinski definition) is 1. The van der Waals surface area contributed by atoms with Gasteiger partial charge in [0.25, 0.3) is 0 Å². The molecule has 0 bridgehead atoms. The number of fused-ring (bicyclic) bond motifs is 1. The fraction of sp³-hybridized carbons (Fsp3) is 0.571. The summed E-state index contributed by atoms with van der Waals surface area (Å²) in [5.74, 6) is 0. The second-order valence-corrected chi connectivity index (χ2v) is 7.84. The Morgan fingerprint density at radius 2 is 1.85 bits per heavy atom. The molecule has 146 valence electrons. The smallest absolute Gasteiger partial charge is 0.194 e. The summed E-state index contributed by atoms with van der Waals surface area (Å²) >= 11 is 0. The SMILES string of the molecule is Cc1[nH]c2ccc(N3CCOCC3)cc2c(=O)c1CN1C[C@H](C)O[C@@H](C)C1. The predicted molar refractivity (Wildman–Crippen MR) is 108 cm³/mol. The lowest BCUT2D eigenvalue weighted by molar-refractivity contribution is -0.0706. The first-order chi connectivity index (χ1) is 13.0. The van der Waals surface area contributed by atoms with Crippen molar-refractivity contribution in [3.63, 3.8) is 0 Å². The molecule has 0 unspecified atom stereocenters. The second-order valence-electron chi connectivity index (χ2n) is 7.84. The summed E-state index contributed by atoms with van der Waals surface area (Å²) in [5, 5.41) is 0.772. The number of pyridine rings is 1. The van der Waals surface area contributed by atoms with Crippen LogP contribution in [0.15, 0.2) is 23.0 Å². The topological polar surface area (TPSA) is 57.8 Å². The molecule has 2 fully saturated rings. The van der Waals surface area contributed by atoms with E-state index >= 15 is 0 Å². The minimum atomic E-state index is 0.142. The molecule has 27 heavy (non-hydrogen) atoms. The second kappa shape index (κ2) is 7.62. The summed E-state index contributed by atoms with van der Waals surface area (Å²) < 4.78 is 11.3. The van der Waals surface area contributed by atoms with Gasteiger partial charge < -0.3 is 19.4 Å². The number of rotatable bonds is 3. The van der Waals surface area contributed by atoms with Crippen LogP contribution in [0.2, 0.25) is 0 Å². The zero-order chi connectivity index (χ0) is 19.0. The van der Waals surface area contributed by atoms with Crippen molar-refractivity contribution in [3.8, 4) is 0 Å². The Hall–Kier alpha value is -1.89. The Balaban J connectivity index is 1.67. The minimum absolute atomic E-state index is 0.142. The Morgan fingerprint density at radius 3 is 2.56 bits per heavy atom. The predicted octanol–water partition coefficient (Wildman–Crippen LogP) is 2.28. The third-order valence-corrected chi connectivity index (χ3v) is 5.55. The minimum Gasteiger partial charge on any atom is -0.378 e. The molecule has 0 aliphatic carbocycles. The van der Waals surface area contributed by atoms with Crippen molar-refractivity contribution < 1.29 is 9.47 Å². The molecule has 2 atom stereocenters. The van der Waals surface area contributed by atoms with Crippen molar-refractivity contribution in [1.29, 1.82) is 0 Å². The molecule has 0 spiro atoms. The quantitative estimate of drug-likeness (QED) is 0.897. The van der Waals surface area contributed by atoms with E-state index in [0.29, 0.717) is 6.54 Å². The number of nitrogens with one attached hydrogen (secondary N) is 1. The highest BCUT2D eigenvalue weighted by molar-refractivity contribution is 5.83. The van der Waals surface area contributed by atoms with Gasteiger partial charge in [-0.2, -0.15) is 0 Å². The van der Waals surface area contributed by atoms with Crippen molar-refractivity contribution in [3.05, 3.63) is 39.7 Å². The fourth-order valence-electron chi connectivity index (χ4n) is 4.29. The van der Waals surface area contributed by atoms with Crippen molar-refractivity contribution in [2.75, 3.05) is 44.3 Å². The van der Waals surface area contributed by atoms with Gasteiger partial charge in [0.15, 0.2) is 5.43 Å². The van der Waals surface area contributed by atoms with Crippen LogP contribution in [-0.2, 0) is 16.0 Å². The molecule has 1 aromatic heterocycles. The van der Waals surface area contributed by atoms with Crippen molar-refractivity contribution in [1.82, 2.24) is 9.88 Å². The number of morpholine rings is 2. The summed E-state index contributed by atoms with van der Waals surface area (Å²) in [6.45, 7) is 11.8. The van der Waals surface area contributed by atoms with Crippen LogP contribution in [0.25, 0.3) is 10.9 Å². The molecular weight excluding hydrogens is 342 g/mol. The molecule has 1 aromatic carbocycles. The molecule has 6 nitrogen and oxygen atoms in total. The first-order valence-electron chi connectivity index (χ1n) is 9.87. The maximum absolute atomic E-state index is 13.3. The molecule has 0 amide bonds. The molecule has 6 heteroatoms. The van der Waals surface area contributed by atoms with Gasteiger partial charge >= 0.3 is 0 Å². The van der Waals surface area contributed by atoms with E-state index in [0.717, 1.165) is 67.2 Å². The average Bonchev–Trinajstić information content (AvgIpc) is 2.65. The van der Waals surface area contributed by atoms with E-state index in [-0.39, 0.29) is 17.6 Å². The van der Waals surface area contributed by atoms with Gasteiger partial charge in [0, 0.05) is 60.6 Å². The van der Waals surface area contributed by atoms with Gasteiger partial charge in [-0.3, -0.25) is 9.69 Å². The largest absolute Gasteiger partial charge is 0.378 e. The average molecular weight is 371 g/mol. The normalized spacial score (nSPS) is 24.5. The summed E-state index contributed by atoms with van der Waals surface area (Å²) in [6, 6.07) is 6.15. The highest BCUT2D eigenvalue weighted by atomic mass is 16.5. The lowest BCUT2D eigenvalue weighted by Gasteiger charge is -2.35. The van der Waals surface area contributed by atoms with E-state index in [4.69, 9.17) is 9.47 Å². The van der Waals surface area contributed by atoms with Crippen LogP contribution < -0.4 is 10.3 Å². The van der Waals surface area contributed by atoms with Crippen molar-refractivity contribution in [2.24, 2.45) is 0 Å². The van der Waals surface area contributed by atoms with E-state index < -0.39 is 0 Å². The highest BCUT2D eigenvalue weighted by Crippen LogP contribution is 2.22. The first kappa shape index (κ1) is 18.5. The van der Waals surface area contributed by atoms with Crippen LogP contribution in [-0.4, -0.2) is 61.5 Å². The van der Waals surface area contributed by atoms with Gasteiger partial charge in [-0.15, -0.1) is 0 Å². The van der Waals surface area contributed by atoms with Crippen LogP contribution in [0.1, 0.15) is 25.1 Å². The summed E-state index contributed by atoms with van der Waals surface area (Å²) in [4.78, 5) is 21.4. The maximum atomic E-state index is 13.3. The number of ether oxygens (including phenoxy) is 2. The zero-order valence-electron chi connectivity index (χ0n) is 16.5. The number of benzene rings is 1. The summed E-state index contributed by atoms with van der Waals surface area (Å²) in [7, 11) is 0. The van der Waals surface area contributed by atoms with Crippen molar-refractivity contribution in [2.45, 2.75) is 39.5 Å². The Labute approximate surface area is 160 Å². The van der Waals surface area contributed by atoms with E-state index in [1.807, 2.05) is 19.1 Å². The van der Waals surface area contributed by atoms with Crippen LogP contribution in [0.4, 0.5) is 5.69 Å². The molecule has 1 N–H and O–H groups in total. The van der Waals surface area contributed by atoms with Gasteiger partial charge in [-0.25, -0.2) is 0 Å². The van der Waals surface area contributed by atoms with E-state index in [9.17, 15) is 4.79 Å². The van der Waals surface area contributed by atoms with Gasteiger partial charge in [0.1, 0.15) is 0 Å².